The number of methoxy groups -OCH3 is 1. The van der Waals surface area contributed by atoms with Crippen LogP contribution in [-0.4, -0.2) is 41.8 Å². The minimum Gasteiger partial charge on any atom is -0.493 e. The number of amides is 2. The van der Waals surface area contributed by atoms with E-state index in [1.807, 2.05) is 37.3 Å². The third-order valence-corrected chi connectivity index (χ3v) is 3.12. The van der Waals surface area contributed by atoms with Crippen molar-refractivity contribution >= 4 is 11.8 Å². The number of hydrogen-bond acceptors (Lipinski definition) is 4. The molecule has 0 atom stereocenters. The lowest BCUT2D eigenvalue weighted by atomic mass is 10.3. The quantitative estimate of drug-likeness (QED) is 0.802. The van der Waals surface area contributed by atoms with E-state index in [9.17, 15) is 9.59 Å². The number of nitrogens with zero attached hydrogens (tertiary/aromatic N) is 2. The molecule has 23 heavy (non-hydrogen) atoms. The second kappa shape index (κ2) is 7.98. The Morgan fingerprint density at radius 3 is 2.61 bits per heavy atom. The fourth-order valence-electron chi connectivity index (χ4n) is 1.95. The van der Waals surface area contributed by atoms with Crippen molar-refractivity contribution in [3.05, 3.63) is 42.2 Å². The molecule has 0 bridgehead atoms. The van der Waals surface area contributed by atoms with Gasteiger partial charge in [-0.25, -0.2) is 4.68 Å². The van der Waals surface area contributed by atoms with E-state index in [4.69, 9.17) is 4.74 Å². The van der Waals surface area contributed by atoms with E-state index in [2.05, 4.69) is 15.7 Å². The Kier molecular flexibility index (Phi) is 5.74. The highest BCUT2D eigenvalue weighted by molar-refractivity contribution is 5.97. The van der Waals surface area contributed by atoms with Gasteiger partial charge in [0.25, 0.3) is 5.91 Å². The van der Waals surface area contributed by atoms with Gasteiger partial charge in [-0.05, 0) is 18.6 Å². The summed E-state index contributed by atoms with van der Waals surface area (Å²) in [6.07, 6.45) is 2.47. The predicted molar refractivity (Wildman–Crippen MR) is 85.7 cm³/mol. The number of carbonyl (C=O) groups excluding carboxylic acids is 2. The second-order valence-corrected chi connectivity index (χ2v) is 4.86. The van der Waals surface area contributed by atoms with Crippen LogP contribution in [0.25, 0.3) is 5.69 Å². The summed E-state index contributed by atoms with van der Waals surface area (Å²) < 4.78 is 6.76. The molecule has 7 nitrogen and oxygen atoms in total. The van der Waals surface area contributed by atoms with Crippen molar-refractivity contribution in [3.63, 3.8) is 0 Å². The Morgan fingerprint density at radius 2 is 1.96 bits per heavy atom. The van der Waals surface area contributed by atoms with Crippen molar-refractivity contribution in [2.45, 2.75) is 13.3 Å². The molecule has 0 saturated carbocycles. The van der Waals surface area contributed by atoms with Gasteiger partial charge in [0.05, 0.1) is 25.5 Å². The third kappa shape index (κ3) is 4.32. The number of aromatic nitrogens is 2. The average molecular weight is 316 g/mol. The number of hydrogen-bond donors (Lipinski definition) is 2. The van der Waals surface area contributed by atoms with Crippen molar-refractivity contribution in [2.75, 3.05) is 20.2 Å². The molecule has 0 saturated heterocycles. The van der Waals surface area contributed by atoms with Crippen molar-refractivity contribution < 1.29 is 14.3 Å². The van der Waals surface area contributed by atoms with Crippen LogP contribution in [0, 0.1) is 0 Å². The van der Waals surface area contributed by atoms with Gasteiger partial charge in [0, 0.05) is 6.54 Å². The van der Waals surface area contributed by atoms with Gasteiger partial charge in [-0.15, -0.1) is 0 Å². The number of benzene rings is 1. The van der Waals surface area contributed by atoms with Crippen molar-refractivity contribution in [3.8, 4) is 11.4 Å². The van der Waals surface area contributed by atoms with Crippen LogP contribution in [0.5, 0.6) is 5.75 Å². The average Bonchev–Trinajstić information content (AvgIpc) is 3.03. The van der Waals surface area contributed by atoms with Crippen molar-refractivity contribution in [1.29, 1.82) is 0 Å². The molecule has 122 valence electrons. The summed E-state index contributed by atoms with van der Waals surface area (Å²) in [6.45, 7) is 2.45. The topological polar surface area (TPSA) is 85.3 Å². The molecule has 0 spiro atoms. The molecule has 1 aromatic carbocycles. The van der Waals surface area contributed by atoms with Gasteiger partial charge in [0.2, 0.25) is 5.91 Å². The lowest BCUT2D eigenvalue weighted by molar-refractivity contribution is -0.120. The Bertz CT molecular complexity index is 667. The number of rotatable bonds is 7. The van der Waals surface area contributed by atoms with Crippen molar-refractivity contribution in [2.24, 2.45) is 0 Å². The zero-order chi connectivity index (χ0) is 16.7. The van der Waals surface area contributed by atoms with E-state index in [1.165, 1.54) is 7.11 Å². The molecule has 0 aliphatic rings. The van der Waals surface area contributed by atoms with Crippen LogP contribution in [0.4, 0.5) is 0 Å². The number of ether oxygens (including phenoxy) is 1. The van der Waals surface area contributed by atoms with Gasteiger partial charge in [0.1, 0.15) is 0 Å². The molecule has 1 heterocycles. The molecule has 7 heteroatoms. The van der Waals surface area contributed by atoms with Crippen LogP contribution < -0.4 is 15.4 Å². The van der Waals surface area contributed by atoms with E-state index in [0.717, 1.165) is 12.1 Å². The summed E-state index contributed by atoms with van der Waals surface area (Å²) >= 11 is 0. The standard InChI is InChI=1S/C16H20N4O3/c1-3-9-17-14(21)10-18-16(22)15-13(23-2)11-20(19-15)12-7-5-4-6-8-12/h4-8,11H,3,9-10H2,1-2H3,(H,17,21)(H,18,22). The van der Waals surface area contributed by atoms with Crippen LogP contribution in [0.1, 0.15) is 23.8 Å². The first-order valence-electron chi connectivity index (χ1n) is 7.39. The predicted octanol–water partition coefficient (Wildman–Crippen LogP) is 1.14. The number of para-hydroxylation sites is 1. The van der Waals surface area contributed by atoms with E-state index >= 15 is 0 Å². The highest BCUT2D eigenvalue weighted by Gasteiger charge is 2.18. The van der Waals surface area contributed by atoms with Gasteiger partial charge < -0.3 is 15.4 Å². The summed E-state index contributed by atoms with van der Waals surface area (Å²) in [5.41, 5.74) is 0.949. The normalized spacial score (nSPS) is 10.2. The van der Waals surface area contributed by atoms with Gasteiger partial charge >= 0.3 is 0 Å². The lowest BCUT2D eigenvalue weighted by Gasteiger charge is -2.05. The first-order valence-corrected chi connectivity index (χ1v) is 7.39. The first kappa shape index (κ1) is 16.5. The van der Waals surface area contributed by atoms with Gasteiger partial charge in [-0.3, -0.25) is 9.59 Å². The summed E-state index contributed by atoms with van der Waals surface area (Å²) in [5.74, 6) is -0.342. The SMILES string of the molecule is CCCNC(=O)CNC(=O)c1nn(-c2ccccc2)cc1OC. The van der Waals surface area contributed by atoms with Gasteiger partial charge in [0.15, 0.2) is 11.4 Å². The van der Waals surface area contributed by atoms with Crippen LogP contribution >= 0.6 is 0 Å². The van der Waals surface area contributed by atoms with Crippen LogP contribution in [0.3, 0.4) is 0 Å². The van der Waals surface area contributed by atoms with Crippen LogP contribution in [0.2, 0.25) is 0 Å². The van der Waals surface area contributed by atoms with Crippen molar-refractivity contribution in [1.82, 2.24) is 20.4 Å². The molecule has 0 fully saturated rings. The maximum absolute atomic E-state index is 12.2. The summed E-state index contributed by atoms with van der Waals surface area (Å²) in [6, 6.07) is 9.38. The van der Waals surface area contributed by atoms with Gasteiger partial charge in [-0.2, -0.15) is 5.10 Å². The zero-order valence-electron chi connectivity index (χ0n) is 13.2. The first-order chi connectivity index (χ1) is 11.2. The lowest BCUT2D eigenvalue weighted by Crippen LogP contribution is -2.37. The molecule has 2 N–H and O–H groups in total. The molecule has 0 radical (unpaired) electrons. The molecule has 0 aliphatic carbocycles. The molecule has 1 aromatic heterocycles. The minimum absolute atomic E-state index is 0.0970. The van der Waals surface area contributed by atoms with E-state index < -0.39 is 5.91 Å². The molecule has 0 unspecified atom stereocenters. The monoisotopic (exact) mass is 316 g/mol. The number of carbonyl (C=O) groups is 2. The fraction of sp³-hybridized carbons (Fsp3) is 0.312. The Hall–Kier alpha value is -2.83. The highest BCUT2D eigenvalue weighted by Crippen LogP contribution is 2.19. The second-order valence-electron chi connectivity index (χ2n) is 4.86. The number of nitrogens with one attached hydrogen (secondary N) is 2. The summed E-state index contributed by atoms with van der Waals surface area (Å²) in [5, 5.41) is 9.47. The molecule has 2 aromatic rings. The zero-order valence-corrected chi connectivity index (χ0v) is 13.2. The Balaban J connectivity index is 2.08. The Morgan fingerprint density at radius 1 is 1.22 bits per heavy atom. The molecular weight excluding hydrogens is 296 g/mol. The largest absolute Gasteiger partial charge is 0.493 e. The van der Waals surface area contributed by atoms with Gasteiger partial charge in [-0.1, -0.05) is 25.1 Å². The fourth-order valence-corrected chi connectivity index (χ4v) is 1.95. The van der Waals surface area contributed by atoms with Crippen LogP contribution in [-0.2, 0) is 4.79 Å². The Labute approximate surface area is 134 Å². The maximum Gasteiger partial charge on any atom is 0.276 e. The van der Waals surface area contributed by atoms with E-state index in [0.29, 0.717) is 12.3 Å². The third-order valence-electron chi connectivity index (χ3n) is 3.12. The molecule has 2 amide bonds. The van der Waals surface area contributed by atoms with Crippen LogP contribution in [0.15, 0.2) is 36.5 Å². The molecule has 2 rings (SSSR count). The summed E-state index contributed by atoms with van der Waals surface area (Å²) in [7, 11) is 1.47. The molecule has 0 aliphatic heterocycles. The molecular formula is C16H20N4O3. The van der Waals surface area contributed by atoms with E-state index in [1.54, 1.807) is 10.9 Å². The maximum atomic E-state index is 12.2. The minimum atomic E-state index is -0.455. The summed E-state index contributed by atoms with van der Waals surface area (Å²) in [4.78, 5) is 23.7. The van der Waals surface area contributed by atoms with E-state index in [-0.39, 0.29) is 18.1 Å². The highest BCUT2D eigenvalue weighted by atomic mass is 16.5. The smallest absolute Gasteiger partial charge is 0.276 e.